The van der Waals surface area contributed by atoms with Crippen LogP contribution in [-0.4, -0.2) is 0 Å². The molecule has 1 rings (SSSR count). The quantitative estimate of drug-likeness (QED) is 0.552. The van der Waals surface area contributed by atoms with Crippen LogP contribution in [0.3, 0.4) is 0 Å². The molecule has 0 fully saturated rings. The summed E-state index contributed by atoms with van der Waals surface area (Å²) in [5, 5.41) is 0. The second kappa shape index (κ2) is 2.87. The molecule has 1 aromatic carbocycles. The molecule has 0 nitrogen and oxygen atoms in total. The van der Waals surface area contributed by atoms with E-state index >= 15 is 0 Å². The van der Waals surface area contributed by atoms with Crippen LogP contribution in [0.15, 0.2) is 18.2 Å². The summed E-state index contributed by atoms with van der Waals surface area (Å²) in [4.78, 5) is 0. The molecule has 0 aliphatic rings. The van der Waals surface area contributed by atoms with Gasteiger partial charge in [-0.1, -0.05) is 32.0 Å². The lowest BCUT2D eigenvalue weighted by Crippen LogP contribution is -1.86. The van der Waals surface area contributed by atoms with E-state index in [2.05, 4.69) is 45.0 Å². The zero-order valence-corrected chi connectivity index (χ0v) is 6.81. The lowest BCUT2D eigenvalue weighted by atomic mass is 10.0. The highest BCUT2D eigenvalue weighted by atomic mass is 14.0. The third kappa shape index (κ3) is 1.60. The van der Waals surface area contributed by atoms with Gasteiger partial charge in [0.2, 0.25) is 0 Å². The second-order valence-corrected chi connectivity index (χ2v) is 2.94. The van der Waals surface area contributed by atoms with Crippen molar-refractivity contribution in [2.75, 3.05) is 0 Å². The first-order valence-corrected chi connectivity index (χ1v) is 3.69. The highest BCUT2D eigenvalue weighted by molar-refractivity contribution is 5.22. The van der Waals surface area contributed by atoms with Gasteiger partial charge in [0, 0.05) is 0 Å². The Hall–Kier alpha value is -0.780. The van der Waals surface area contributed by atoms with Crippen LogP contribution in [-0.2, 0) is 0 Å². The Morgan fingerprint density at radius 1 is 1.30 bits per heavy atom. The molecule has 53 valence electrons. The van der Waals surface area contributed by atoms with Crippen molar-refractivity contribution in [2.24, 2.45) is 0 Å². The SMILES string of the molecule is Cc1[c]c(C(C)C)ccc1. The maximum atomic E-state index is 3.31. The zero-order chi connectivity index (χ0) is 7.56. The van der Waals surface area contributed by atoms with Crippen molar-refractivity contribution in [1.29, 1.82) is 0 Å². The first kappa shape index (κ1) is 7.33. The fraction of sp³-hybridized carbons (Fsp3) is 0.400. The smallest absolute Gasteiger partial charge is 0.0114 e. The topological polar surface area (TPSA) is 0 Å². The van der Waals surface area contributed by atoms with Crippen LogP contribution in [0.2, 0.25) is 0 Å². The highest BCUT2D eigenvalue weighted by Gasteiger charge is 1.96. The normalized spacial score (nSPS) is 10.4. The van der Waals surface area contributed by atoms with Crippen molar-refractivity contribution in [3.8, 4) is 0 Å². The number of benzene rings is 1. The molecule has 0 aromatic heterocycles. The van der Waals surface area contributed by atoms with Crippen molar-refractivity contribution in [3.05, 3.63) is 35.4 Å². The lowest BCUT2D eigenvalue weighted by molar-refractivity contribution is 0.863. The van der Waals surface area contributed by atoms with Gasteiger partial charge >= 0.3 is 0 Å². The zero-order valence-electron chi connectivity index (χ0n) is 6.81. The van der Waals surface area contributed by atoms with Crippen molar-refractivity contribution in [3.63, 3.8) is 0 Å². The Kier molecular flexibility index (Phi) is 2.10. The molecule has 0 heteroatoms. The predicted molar refractivity (Wildman–Crippen MR) is 44.1 cm³/mol. The van der Waals surface area contributed by atoms with Crippen LogP contribution in [0.1, 0.15) is 30.9 Å². The molecule has 0 bridgehead atoms. The minimum Gasteiger partial charge on any atom is -0.0617 e. The van der Waals surface area contributed by atoms with E-state index in [-0.39, 0.29) is 0 Å². The molecular weight excluding hydrogens is 120 g/mol. The van der Waals surface area contributed by atoms with Crippen LogP contribution >= 0.6 is 0 Å². The first-order chi connectivity index (χ1) is 4.70. The van der Waals surface area contributed by atoms with Gasteiger partial charge in [0.05, 0.1) is 0 Å². The van der Waals surface area contributed by atoms with E-state index in [1.165, 1.54) is 11.1 Å². The molecule has 0 aliphatic carbocycles. The van der Waals surface area contributed by atoms with Gasteiger partial charge in [-0.2, -0.15) is 0 Å². The van der Waals surface area contributed by atoms with E-state index in [0.29, 0.717) is 5.92 Å². The second-order valence-electron chi connectivity index (χ2n) is 2.94. The molecule has 0 heterocycles. The Labute approximate surface area is 62.9 Å². The van der Waals surface area contributed by atoms with Gasteiger partial charge < -0.3 is 0 Å². The summed E-state index contributed by atoms with van der Waals surface area (Å²) in [6, 6.07) is 9.59. The largest absolute Gasteiger partial charge is 0.0617 e. The van der Waals surface area contributed by atoms with Crippen molar-refractivity contribution in [1.82, 2.24) is 0 Å². The van der Waals surface area contributed by atoms with Crippen LogP contribution in [0.5, 0.6) is 0 Å². The Morgan fingerprint density at radius 3 is 2.40 bits per heavy atom. The molecule has 1 aromatic rings. The van der Waals surface area contributed by atoms with Crippen LogP contribution in [0.25, 0.3) is 0 Å². The molecule has 0 N–H and O–H groups in total. The summed E-state index contributed by atoms with van der Waals surface area (Å²) in [7, 11) is 0. The lowest BCUT2D eigenvalue weighted by Gasteiger charge is -2.03. The fourth-order valence-corrected chi connectivity index (χ4v) is 0.944. The van der Waals surface area contributed by atoms with Gasteiger partial charge in [-0.05, 0) is 30.0 Å². The molecule has 10 heavy (non-hydrogen) atoms. The van der Waals surface area contributed by atoms with E-state index in [9.17, 15) is 0 Å². The maximum Gasteiger partial charge on any atom is -0.0114 e. The Bertz CT molecular complexity index is 211. The van der Waals surface area contributed by atoms with Gasteiger partial charge in [0.15, 0.2) is 0 Å². The number of rotatable bonds is 1. The minimum absolute atomic E-state index is 0.597. The summed E-state index contributed by atoms with van der Waals surface area (Å²) in [5.41, 5.74) is 2.53. The highest BCUT2D eigenvalue weighted by Crippen LogP contribution is 2.13. The number of hydrogen-bond donors (Lipinski definition) is 0. The molecule has 0 amide bonds. The summed E-state index contributed by atoms with van der Waals surface area (Å²) in [5.74, 6) is 0.597. The van der Waals surface area contributed by atoms with Gasteiger partial charge in [-0.3, -0.25) is 0 Å². The fourth-order valence-electron chi connectivity index (χ4n) is 0.944. The van der Waals surface area contributed by atoms with Crippen molar-refractivity contribution < 1.29 is 0 Å². The number of hydrogen-bond acceptors (Lipinski definition) is 0. The Balaban J connectivity index is 2.96. The summed E-state index contributed by atoms with van der Waals surface area (Å²) in [6.07, 6.45) is 0. The van der Waals surface area contributed by atoms with Gasteiger partial charge in [0.1, 0.15) is 0 Å². The van der Waals surface area contributed by atoms with Crippen molar-refractivity contribution in [2.45, 2.75) is 26.7 Å². The van der Waals surface area contributed by atoms with Gasteiger partial charge in [-0.15, -0.1) is 0 Å². The van der Waals surface area contributed by atoms with E-state index in [1.54, 1.807) is 0 Å². The van der Waals surface area contributed by atoms with E-state index in [1.807, 2.05) is 0 Å². The third-order valence-corrected chi connectivity index (χ3v) is 1.59. The standard InChI is InChI=1S/C10H13/c1-8(2)10-6-4-5-9(3)7-10/h4-6,8H,1-3H3. The van der Waals surface area contributed by atoms with Crippen LogP contribution in [0.4, 0.5) is 0 Å². The maximum absolute atomic E-state index is 3.31. The molecule has 1 radical (unpaired) electrons. The van der Waals surface area contributed by atoms with E-state index in [4.69, 9.17) is 0 Å². The molecule has 0 spiro atoms. The molecule has 0 saturated carbocycles. The van der Waals surface area contributed by atoms with Gasteiger partial charge in [0.25, 0.3) is 0 Å². The van der Waals surface area contributed by atoms with Gasteiger partial charge in [-0.25, -0.2) is 0 Å². The summed E-state index contributed by atoms with van der Waals surface area (Å²) in [6.45, 7) is 6.45. The Morgan fingerprint density at radius 2 is 2.00 bits per heavy atom. The molecular formula is C10H13. The molecule has 0 aliphatic heterocycles. The first-order valence-electron chi connectivity index (χ1n) is 3.69. The predicted octanol–water partition coefficient (Wildman–Crippen LogP) is 2.92. The third-order valence-electron chi connectivity index (χ3n) is 1.59. The average Bonchev–Trinajstić information content (AvgIpc) is 1.88. The molecule has 0 atom stereocenters. The van der Waals surface area contributed by atoms with Crippen LogP contribution in [0, 0.1) is 13.0 Å². The average molecular weight is 133 g/mol. The summed E-state index contributed by atoms with van der Waals surface area (Å²) < 4.78 is 0. The minimum atomic E-state index is 0.597. The van der Waals surface area contributed by atoms with E-state index < -0.39 is 0 Å². The van der Waals surface area contributed by atoms with E-state index in [0.717, 1.165) is 0 Å². The molecule has 0 saturated heterocycles. The monoisotopic (exact) mass is 133 g/mol. The molecule has 0 unspecified atom stereocenters. The summed E-state index contributed by atoms with van der Waals surface area (Å²) >= 11 is 0. The van der Waals surface area contributed by atoms with Crippen LogP contribution < -0.4 is 0 Å². The number of aryl methyl sites for hydroxylation is 1. The van der Waals surface area contributed by atoms with Crippen molar-refractivity contribution >= 4 is 0 Å².